The predicted octanol–water partition coefficient (Wildman–Crippen LogP) is 2.20. The van der Waals surface area contributed by atoms with E-state index >= 15 is 0 Å². The van der Waals surface area contributed by atoms with Crippen molar-refractivity contribution in [3.63, 3.8) is 0 Å². The molecule has 26 heavy (non-hydrogen) atoms. The van der Waals surface area contributed by atoms with E-state index in [0.29, 0.717) is 6.42 Å². The van der Waals surface area contributed by atoms with Crippen LogP contribution in [0.1, 0.15) is 37.4 Å². The Morgan fingerprint density at radius 2 is 1.81 bits per heavy atom. The lowest BCUT2D eigenvalue weighted by atomic mass is 9.95. The third kappa shape index (κ3) is 3.75. The second-order valence-electron chi connectivity index (χ2n) is 7.52. The van der Waals surface area contributed by atoms with Gasteiger partial charge >= 0.3 is 0 Å². The molecule has 0 aromatic carbocycles. The Bertz CT molecular complexity index is 750. The number of carbonyl (C=O) groups is 1. The van der Waals surface area contributed by atoms with Crippen LogP contribution in [0.5, 0.6) is 0 Å². The zero-order valence-corrected chi connectivity index (χ0v) is 15.3. The van der Waals surface area contributed by atoms with Crippen LogP contribution < -0.4 is 4.90 Å². The number of piperazine rings is 1. The van der Waals surface area contributed by atoms with Crippen LogP contribution in [0, 0.1) is 0 Å². The molecular formula is C20H25N5O. The fourth-order valence-electron chi connectivity index (χ4n) is 3.80. The van der Waals surface area contributed by atoms with E-state index in [1.807, 2.05) is 12.3 Å². The van der Waals surface area contributed by atoms with E-state index in [9.17, 15) is 4.79 Å². The van der Waals surface area contributed by atoms with Crippen LogP contribution in [-0.2, 0) is 16.8 Å². The van der Waals surface area contributed by atoms with E-state index in [-0.39, 0.29) is 11.2 Å². The maximum absolute atomic E-state index is 11.5. The zero-order valence-electron chi connectivity index (χ0n) is 15.3. The molecule has 0 amide bonds. The molecule has 1 aliphatic heterocycles. The quantitative estimate of drug-likeness (QED) is 0.795. The highest BCUT2D eigenvalue weighted by Crippen LogP contribution is 2.50. The van der Waals surface area contributed by atoms with Crippen molar-refractivity contribution >= 4 is 11.7 Å². The molecule has 1 saturated heterocycles. The molecule has 0 radical (unpaired) electrons. The summed E-state index contributed by atoms with van der Waals surface area (Å²) in [5, 5.41) is 0. The third-order valence-corrected chi connectivity index (χ3v) is 5.42. The van der Waals surface area contributed by atoms with Crippen molar-refractivity contribution in [3.05, 3.63) is 48.0 Å². The van der Waals surface area contributed by atoms with Gasteiger partial charge in [0.25, 0.3) is 0 Å². The summed E-state index contributed by atoms with van der Waals surface area (Å²) in [7, 11) is 0. The monoisotopic (exact) mass is 351 g/mol. The lowest BCUT2D eigenvalue weighted by molar-refractivity contribution is -0.117. The van der Waals surface area contributed by atoms with Gasteiger partial charge in [0.2, 0.25) is 5.95 Å². The molecule has 0 bridgehead atoms. The fourth-order valence-corrected chi connectivity index (χ4v) is 3.80. The van der Waals surface area contributed by atoms with Gasteiger partial charge in [-0.25, -0.2) is 9.97 Å². The molecule has 4 rings (SSSR count). The Morgan fingerprint density at radius 1 is 1.08 bits per heavy atom. The Morgan fingerprint density at radius 3 is 2.38 bits per heavy atom. The molecule has 0 atom stereocenters. The molecule has 2 aromatic rings. The van der Waals surface area contributed by atoms with Crippen molar-refractivity contribution in [1.82, 2.24) is 19.9 Å². The number of nitrogens with zero attached hydrogens (tertiary/aromatic N) is 5. The normalized spacial score (nSPS) is 19.3. The van der Waals surface area contributed by atoms with Gasteiger partial charge in [-0.05, 0) is 37.5 Å². The maximum Gasteiger partial charge on any atom is 0.225 e. The van der Waals surface area contributed by atoms with Gasteiger partial charge in [0.15, 0.2) is 0 Å². The minimum Gasteiger partial charge on any atom is -0.338 e. The van der Waals surface area contributed by atoms with Crippen LogP contribution in [0.25, 0.3) is 0 Å². The Hall–Kier alpha value is -2.34. The number of hydrogen-bond acceptors (Lipinski definition) is 6. The molecule has 6 heteroatoms. The van der Waals surface area contributed by atoms with Gasteiger partial charge in [0.1, 0.15) is 5.78 Å². The van der Waals surface area contributed by atoms with Crippen LogP contribution in [0.3, 0.4) is 0 Å². The number of aromatic nitrogens is 3. The maximum atomic E-state index is 11.5. The molecule has 0 unspecified atom stereocenters. The fraction of sp³-hybridized carbons (Fsp3) is 0.500. The summed E-state index contributed by atoms with van der Waals surface area (Å²) in [6.07, 6.45) is 8.37. The smallest absolute Gasteiger partial charge is 0.225 e. The molecule has 2 fully saturated rings. The summed E-state index contributed by atoms with van der Waals surface area (Å²) in [5.41, 5.74) is 2.35. The zero-order chi connectivity index (χ0) is 18.0. The Kier molecular flexibility index (Phi) is 4.68. The first-order valence-corrected chi connectivity index (χ1v) is 9.34. The lowest BCUT2D eigenvalue weighted by Crippen LogP contribution is -2.46. The molecule has 0 N–H and O–H groups in total. The molecule has 136 valence electrons. The van der Waals surface area contributed by atoms with Crippen molar-refractivity contribution in [1.29, 1.82) is 0 Å². The summed E-state index contributed by atoms with van der Waals surface area (Å²) in [6.45, 7) is 6.46. The highest BCUT2D eigenvalue weighted by molar-refractivity contribution is 5.77. The highest BCUT2D eigenvalue weighted by Gasteiger charge is 2.46. The van der Waals surface area contributed by atoms with Crippen LogP contribution in [0.4, 0.5) is 5.95 Å². The van der Waals surface area contributed by atoms with E-state index in [1.54, 1.807) is 19.3 Å². The van der Waals surface area contributed by atoms with Gasteiger partial charge in [-0.2, -0.15) is 0 Å². The van der Waals surface area contributed by atoms with E-state index in [1.165, 1.54) is 5.56 Å². The van der Waals surface area contributed by atoms with Crippen molar-refractivity contribution in [2.75, 3.05) is 31.1 Å². The van der Waals surface area contributed by atoms with E-state index in [4.69, 9.17) is 0 Å². The summed E-state index contributed by atoms with van der Waals surface area (Å²) in [6, 6.07) is 6.15. The van der Waals surface area contributed by atoms with E-state index in [2.05, 4.69) is 36.9 Å². The first-order valence-electron chi connectivity index (χ1n) is 9.34. The number of hydrogen-bond donors (Lipinski definition) is 0. The summed E-state index contributed by atoms with van der Waals surface area (Å²) < 4.78 is 0. The highest BCUT2D eigenvalue weighted by atomic mass is 16.1. The Balaban J connectivity index is 1.32. The predicted molar refractivity (Wildman–Crippen MR) is 100.0 cm³/mol. The molecule has 0 spiro atoms. The summed E-state index contributed by atoms with van der Waals surface area (Å²) >= 11 is 0. The molecule has 1 aliphatic carbocycles. The van der Waals surface area contributed by atoms with Gasteiger partial charge in [0.05, 0.1) is 0 Å². The number of anilines is 1. The second kappa shape index (κ2) is 7.11. The number of pyridine rings is 1. The van der Waals surface area contributed by atoms with Crippen LogP contribution in [0.2, 0.25) is 0 Å². The largest absolute Gasteiger partial charge is 0.338 e. The molecule has 2 aliphatic rings. The minimum atomic E-state index is 0.0334. The van der Waals surface area contributed by atoms with Crippen LogP contribution in [-0.4, -0.2) is 51.8 Å². The molecular weight excluding hydrogens is 326 g/mol. The van der Waals surface area contributed by atoms with Gasteiger partial charge < -0.3 is 4.90 Å². The van der Waals surface area contributed by atoms with Crippen molar-refractivity contribution < 1.29 is 4.79 Å². The van der Waals surface area contributed by atoms with Crippen molar-refractivity contribution in [3.8, 4) is 0 Å². The molecule has 6 nitrogen and oxygen atoms in total. The molecule has 3 heterocycles. The van der Waals surface area contributed by atoms with E-state index < -0.39 is 0 Å². The number of ketones is 1. The lowest BCUT2D eigenvalue weighted by Gasteiger charge is -2.34. The summed E-state index contributed by atoms with van der Waals surface area (Å²) in [5.74, 6) is 1.08. The van der Waals surface area contributed by atoms with E-state index in [0.717, 1.165) is 57.2 Å². The van der Waals surface area contributed by atoms with Crippen LogP contribution >= 0.6 is 0 Å². The molecule has 2 aromatic heterocycles. The topological polar surface area (TPSA) is 62.2 Å². The average molecular weight is 351 g/mol. The number of carbonyl (C=O) groups excluding carboxylic acids is 1. The van der Waals surface area contributed by atoms with Crippen molar-refractivity contribution in [2.24, 2.45) is 0 Å². The van der Waals surface area contributed by atoms with Crippen LogP contribution in [0.15, 0.2) is 36.8 Å². The average Bonchev–Trinajstić information content (AvgIpc) is 3.43. The minimum absolute atomic E-state index is 0.0334. The first kappa shape index (κ1) is 17.1. The first-order chi connectivity index (χ1) is 12.6. The standard InChI is InChI=1S/C20H25N5O/c1-16(26)13-20(5-6-20)18-4-3-17(14-23-18)15-24-9-11-25(12-10-24)19-21-7-2-8-22-19/h2-4,7-8,14H,5-6,9-13,15H2,1H3. The SMILES string of the molecule is CC(=O)CC1(c2ccc(CN3CCN(c4ncccn4)CC3)cn2)CC1. The Labute approximate surface area is 154 Å². The van der Waals surface area contributed by atoms with Gasteiger partial charge in [-0.3, -0.25) is 14.7 Å². The second-order valence-corrected chi connectivity index (χ2v) is 7.52. The number of Topliss-reactive ketones (excluding diaryl/α,β-unsaturated/α-hetero) is 1. The van der Waals surface area contributed by atoms with Gasteiger partial charge in [0, 0.05) is 68.8 Å². The summed E-state index contributed by atoms with van der Waals surface area (Å²) in [4.78, 5) is 29.5. The third-order valence-electron chi connectivity index (χ3n) is 5.42. The van der Waals surface area contributed by atoms with Gasteiger partial charge in [-0.15, -0.1) is 0 Å². The van der Waals surface area contributed by atoms with Gasteiger partial charge in [-0.1, -0.05) is 6.07 Å². The van der Waals surface area contributed by atoms with Crippen molar-refractivity contribution in [2.45, 2.75) is 38.1 Å². The number of rotatable bonds is 6. The molecule has 1 saturated carbocycles.